The van der Waals surface area contributed by atoms with E-state index in [1.54, 1.807) is 0 Å². The molecule has 0 atom stereocenters. The van der Waals surface area contributed by atoms with Gasteiger partial charge in [-0.3, -0.25) is 0 Å². The Morgan fingerprint density at radius 2 is 1.60 bits per heavy atom. The molecule has 0 aromatic carbocycles. The van der Waals surface area contributed by atoms with Gasteiger partial charge in [0.2, 0.25) is 0 Å². The first-order valence-corrected chi connectivity index (χ1v) is 6.39. The van der Waals surface area contributed by atoms with Crippen molar-refractivity contribution in [3.05, 3.63) is 0 Å². The summed E-state index contributed by atoms with van der Waals surface area (Å²) in [4.78, 5) is 0. The lowest BCUT2D eigenvalue weighted by Gasteiger charge is -2.46. The molecule has 2 aliphatic rings. The van der Waals surface area contributed by atoms with Crippen LogP contribution in [0, 0.1) is 5.92 Å². The van der Waals surface area contributed by atoms with E-state index in [2.05, 4.69) is 38.3 Å². The van der Waals surface area contributed by atoms with E-state index < -0.39 is 0 Å². The zero-order chi connectivity index (χ0) is 11.1. The highest BCUT2D eigenvalue weighted by atomic mass is 15.1. The van der Waals surface area contributed by atoms with Crippen molar-refractivity contribution in [2.75, 3.05) is 6.54 Å². The molecule has 0 bridgehead atoms. The highest BCUT2D eigenvalue weighted by Gasteiger charge is 2.37. The maximum absolute atomic E-state index is 3.75. The summed E-state index contributed by atoms with van der Waals surface area (Å²) in [5.74, 6) is 0.992. The third-order valence-corrected chi connectivity index (χ3v) is 3.58. The van der Waals surface area contributed by atoms with Crippen LogP contribution in [-0.2, 0) is 0 Å². The van der Waals surface area contributed by atoms with Gasteiger partial charge >= 0.3 is 0 Å². The number of nitrogens with one attached hydrogen (secondary N) is 2. The predicted octanol–water partition coefficient (Wildman–Crippen LogP) is 2.30. The molecule has 2 N–H and O–H groups in total. The molecule has 2 nitrogen and oxygen atoms in total. The normalized spacial score (nSPS) is 30.4. The summed E-state index contributed by atoms with van der Waals surface area (Å²) in [5.41, 5.74) is 0.561. The SMILES string of the molecule is CC1(C)CC(NCC2CC2)CC(C)(C)N1. The van der Waals surface area contributed by atoms with E-state index in [0.29, 0.717) is 6.04 Å². The van der Waals surface area contributed by atoms with Crippen molar-refractivity contribution in [3.8, 4) is 0 Å². The summed E-state index contributed by atoms with van der Waals surface area (Å²) in [6.45, 7) is 10.5. The zero-order valence-electron chi connectivity index (χ0n) is 10.7. The fraction of sp³-hybridized carbons (Fsp3) is 1.00. The molecule has 88 valence electrons. The van der Waals surface area contributed by atoms with Crippen LogP contribution in [0.25, 0.3) is 0 Å². The minimum absolute atomic E-state index is 0.281. The minimum Gasteiger partial charge on any atom is -0.314 e. The molecule has 2 rings (SSSR count). The summed E-state index contributed by atoms with van der Waals surface area (Å²) < 4.78 is 0. The lowest BCUT2D eigenvalue weighted by molar-refractivity contribution is 0.146. The van der Waals surface area contributed by atoms with Crippen molar-refractivity contribution < 1.29 is 0 Å². The van der Waals surface area contributed by atoms with Gasteiger partial charge in [-0.25, -0.2) is 0 Å². The van der Waals surface area contributed by atoms with Gasteiger partial charge in [-0.1, -0.05) is 0 Å². The summed E-state index contributed by atoms with van der Waals surface area (Å²) in [5, 5.41) is 7.48. The fourth-order valence-corrected chi connectivity index (χ4v) is 3.12. The molecular formula is C13H26N2. The summed E-state index contributed by atoms with van der Waals surface area (Å²) in [6, 6.07) is 0.705. The molecule has 0 amide bonds. The van der Waals surface area contributed by atoms with Gasteiger partial charge in [0.15, 0.2) is 0 Å². The zero-order valence-corrected chi connectivity index (χ0v) is 10.7. The van der Waals surface area contributed by atoms with Gasteiger partial charge in [-0.15, -0.1) is 0 Å². The molecule has 0 aromatic heterocycles. The molecule has 1 aliphatic carbocycles. The third kappa shape index (κ3) is 3.46. The van der Waals surface area contributed by atoms with Crippen LogP contribution in [0.1, 0.15) is 53.4 Å². The number of rotatable bonds is 3. The van der Waals surface area contributed by atoms with Crippen molar-refractivity contribution in [3.63, 3.8) is 0 Å². The molecule has 15 heavy (non-hydrogen) atoms. The summed E-state index contributed by atoms with van der Waals surface area (Å²) >= 11 is 0. The van der Waals surface area contributed by atoms with Crippen LogP contribution in [0.2, 0.25) is 0 Å². The standard InChI is InChI=1S/C13H26N2/c1-12(2)7-11(8-13(3,4)15-12)14-9-10-5-6-10/h10-11,14-15H,5-9H2,1-4H3. The Kier molecular flexibility index (Phi) is 2.85. The fourth-order valence-electron chi connectivity index (χ4n) is 3.12. The van der Waals surface area contributed by atoms with Crippen LogP contribution in [-0.4, -0.2) is 23.7 Å². The molecule has 1 saturated heterocycles. The number of hydrogen-bond donors (Lipinski definition) is 2. The van der Waals surface area contributed by atoms with Gasteiger partial charge in [0.25, 0.3) is 0 Å². The number of piperidine rings is 1. The predicted molar refractivity (Wildman–Crippen MR) is 65.0 cm³/mol. The highest BCUT2D eigenvalue weighted by Crippen LogP contribution is 2.31. The maximum atomic E-state index is 3.75. The quantitative estimate of drug-likeness (QED) is 0.747. The third-order valence-electron chi connectivity index (χ3n) is 3.58. The molecule has 0 unspecified atom stereocenters. The maximum Gasteiger partial charge on any atom is 0.0144 e. The van der Waals surface area contributed by atoms with E-state index >= 15 is 0 Å². The molecule has 0 radical (unpaired) electrons. The number of hydrogen-bond acceptors (Lipinski definition) is 2. The van der Waals surface area contributed by atoms with Crippen molar-refractivity contribution in [2.45, 2.75) is 70.5 Å². The highest BCUT2D eigenvalue weighted by molar-refractivity contribution is 4.99. The van der Waals surface area contributed by atoms with E-state index in [1.807, 2.05) is 0 Å². The lowest BCUT2D eigenvalue weighted by Crippen LogP contribution is -2.61. The molecular weight excluding hydrogens is 184 g/mol. The molecule has 0 spiro atoms. The van der Waals surface area contributed by atoms with E-state index in [-0.39, 0.29) is 11.1 Å². The van der Waals surface area contributed by atoms with Gasteiger partial charge in [-0.2, -0.15) is 0 Å². The van der Waals surface area contributed by atoms with Crippen LogP contribution < -0.4 is 10.6 Å². The lowest BCUT2D eigenvalue weighted by atomic mass is 9.79. The van der Waals surface area contributed by atoms with Crippen molar-refractivity contribution in [1.82, 2.24) is 10.6 Å². The minimum atomic E-state index is 0.281. The van der Waals surface area contributed by atoms with Crippen LogP contribution in [0.15, 0.2) is 0 Å². The Bertz CT molecular complexity index is 213. The van der Waals surface area contributed by atoms with Crippen LogP contribution in [0.3, 0.4) is 0 Å². The van der Waals surface area contributed by atoms with E-state index in [9.17, 15) is 0 Å². The first-order valence-electron chi connectivity index (χ1n) is 6.39. The summed E-state index contributed by atoms with van der Waals surface area (Å²) in [6.07, 6.45) is 5.40. The van der Waals surface area contributed by atoms with Gasteiger partial charge in [-0.05, 0) is 65.8 Å². The Hall–Kier alpha value is -0.0800. The smallest absolute Gasteiger partial charge is 0.0144 e. The van der Waals surface area contributed by atoms with E-state index in [0.717, 1.165) is 5.92 Å². The molecule has 2 fully saturated rings. The summed E-state index contributed by atoms with van der Waals surface area (Å²) in [7, 11) is 0. The largest absolute Gasteiger partial charge is 0.314 e. The van der Waals surface area contributed by atoms with Crippen molar-refractivity contribution in [1.29, 1.82) is 0 Å². The van der Waals surface area contributed by atoms with Crippen molar-refractivity contribution >= 4 is 0 Å². The monoisotopic (exact) mass is 210 g/mol. The molecule has 1 saturated carbocycles. The second-order valence-corrected chi connectivity index (χ2v) is 6.85. The van der Waals surface area contributed by atoms with Crippen LogP contribution >= 0.6 is 0 Å². The van der Waals surface area contributed by atoms with Gasteiger partial charge in [0.1, 0.15) is 0 Å². The first-order chi connectivity index (χ1) is 6.86. The topological polar surface area (TPSA) is 24.1 Å². The van der Waals surface area contributed by atoms with E-state index in [1.165, 1.54) is 32.2 Å². The Morgan fingerprint density at radius 3 is 2.07 bits per heavy atom. The Labute approximate surface area is 94.2 Å². The second-order valence-electron chi connectivity index (χ2n) is 6.85. The molecule has 0 aromatic rings. The van der Waals surface area contributed by atoms with Crippen LogP contribution in [0.4, 0.5) is 0 Å². The van der Waals surface area contributed by atoms with Gasteiger partial charge in [0, 0.05) is 17.1 Å². The first kappa shape index (κ1) is 11.4. The molecule has 1 aliphatic heterocycles. The molecule has 2 heteroatoms. The van der Waals surface area contributed by atoms with Gasteiger partial charge in [0.05, 0.1) is 0 Å². The average Bonchev–Trinajstić information content (AvgIpc) is 2.76. The second kappa shape index (κ2) is 3.74. The average molecular weight is 210 g/mol. The molecule has 1 heterocycles. The van der Waals surface area contributed by atoms with Gasteiger partial charge < -0.3 is 10.6 Å². The Morgan fingerprint density at radius 1 is 1.07 bits per heavy atom. The van der Waals surface area contributed by atoms with Crippen LogP contribution in [0.5, 0.6) is 0 Å². The van der Waals surface area contributed by atoms with Crippen molar-refractivity contribution in [2.24, 2.45) is 5.92 Å². The Balaban J connectivity index is 1.87. The van der Waals surface area contributed by atoms with E-state index in [4.69, 9.17) is 0 Å².